The molecule has 3 nitrogen and oxygen atoms in total. The average Bonchev–Trinajstić information content (AvgIpc) is 3.17. The number of nitrogens with zero attached hydrogens (tertiary/aromatic N) is 3. The van der Waals surface area contributed by atoms with Gasteiger partial charge in [-0.25, -0.2) is 4.98 Å². The first kappa shape index (κ1) is 20.3. The topological polar surface area (TPSA) is 21.1 Å². The third-order valence-electron chi connectivity index (χ3n) is 5.35. The number of imidazole rings is 1. The van der Waals surface area contributed by atoms with E-state index in [1.807, 2.05) is 12.3 Å². The first-order chi connectivity index (χ1) is 14.5. The maximum absolute atomic E-state index is 4.84. The molecule has 0 aliphatic carbocycles. The smallest absolute Gasteiger partial charge is 0.174 e. The van der Waals surface area contributed by atoms with Crippen molar-refractivity contribution in [2.24, 2.45) is 0 Å². The maximum Gasteiger partial charge on any atom is 0.174 e. The lowest BCUT2D eigenvalue weighted by Gasteiger charge is -2.23. The second-order valence-corrected chi connectivity index (χ2v) is 8.59. The van der Waals surface area contributed by atoms with Gasteiger partial charge < -0.3 is 4.90 Å². The minimum absolute atomic E-state index is 0.886. The van der Waals surface area contributed by atoms with Gasteiger partial charge in [-0.2, -0.15) is 0 Å². The summed E-state index contributed by atoms with van der Waals surface area (Å²) >= 11 is 1.78. The van der Waals surface area contributed by atoms with Crippen LogP contribution < -0.4 is 4.90 Å². The first-order valence-electron chi connectivity index (χ1n) is 10.2. The molecule has 4 aromatic rings. The van der Waals surface area contributed by atoms with Crippen molar-refractivity contribution in [2.45, 2.75) is 31.7 Å². The number of aryl methyl sites for hydroxylation is 3. The van der Waals surface area contributed by atoms with Gasteiger partial charge in [0, 0.05) is 18.5 Å². The zero-order valence-corrected chi connectivity index (χ0v) is 18.8. The van der Waals surface area contributed by atoms with E-state index in [0.29, 0.717) is 0 Å². The number of benzene rings is 3. The Morgan fingerprint density at radius 2 is 1.50 bits per heavy atom. The number of thioether (sulfide) groups is 1. The van der Waals surface area contributed by atoms with Crippen LogP contribution in [0, 0.1) is 20.8 Å². The Balaban J connectivity index is 1.77. The third kappa shape index (κ3) is 4.14. The van der Waals surface area contributed by atoms with Gasteiger partial charge in [-0.15, -0.1) is 0 Å². The van der Waals surface area contributed by atoms with E-state index in [2.05, 4.69) is 104 Å². The molecule has 0 radical (unpaired) electrons. The fourth-order valence-electron chi connectivity index (χ4n) is 3.65. The van der Waals surface area contributed by atoms with Crippen molar-refractivity contribution < 1.29 is 0 Å². The van der Waals surface area contributed by atoms with Gasteiger partial charge in [0.25, 0.3) is 0 Å². The summed E-state index contributed by atoms with van der Waals surface area (Å²) in [5.41, 5.74) is 7.42. The summed E-state index contributed by atoms with van der Waals surface area (Å²) in [7, 11) is 2.10. The SMILES string of the molecule is Cc1ccc(CSc2ncc(N(C)c3ccccc3)n2-c2c(C)cccc2C)cc1. The van der Waals surface area contributed by atoms with E-state index in [-0.39, 0.29) is 0 Å². The van der Waals surface area contributed by atoms with Crippen LogP contribution in [0.5, 0.6) is 0 Å². The molecule has 0 unspecified atom stereocenters. The van der Waals surface area contributed by atoms with Gasteiger partial charge >= 0.3 is 0 Å². The molecular weight excluding hydrogens is 386 g/mol. The van der Waals surface area contributed by atoms with Crippen molar-refractivity contribution in [2.75, 3.05) is 11.9 Å². The van der Waals surface area contributed by atoms with Crippen LogP contribution in [0.25, 0.3) is 5.69 Å². The van der Waals surface area contributed by atoms with Gasteiger partial charge in [0.05, 0.1) is 11.9 Å². The van der Waals surface area contributed by atoms with Crippen molar-refractivity contribution in [1.29, 1.82) is 0 Å². The lowest BCUT2D eigenvalue weighted by atomic mass is 10.1. The Bertz CT molecular complexity index is 1110. The lowest BCUT2D eigenvalue weighted by molar-refractivity contribution is 0.868. The van der Waals surface area contributed by atoms with Crippen molar-refractivity contribution in [1.82, 2.24) is 9.55 Å². The molecule has 30 heavy (non-hydrogen) atoms. The van der Waals surface area contributed by atoms with E-state index >= 15 is 0 Å². The first-order valence-corrected chi connectivity index (χ1v) is 11.1. The van der Waals surface area contributed by atoms with Crippen LogP contribution in [-0.2, 0) is 5.75 Å². The van der Waals surface area contributed by atoms with E-state index in [0.717, 1.165) is 22.4 Å². The zero-order chi connectivity index (χ0) is 21.1. The highest BCUT2D eigenvalue weighted by atomic mass is 32.2. The van der Waals surface area contributed by atoms with Crippen molar-refractivity contribution >= 4 is 23.3 Å². The average molecular weight is 414 g/mol. The predicted molar refractivity (Wildman–Crippen MR) is 128 cm³/mol. The summed E-state index contributed by atoms with van der Waals surface area (Å²) in [6, 6.07) is 25.6. The largest absolute Gasteiger partial charge is 0.329 e. The van der Waals surface area contributed by atoms with Crippen molar-refractivity contribution in [3.05, 3.63) is 101 Å². The molecule has 152 valence electrons. The van der Waals surface area contributed by atoms with E-state index in [1.165, 1.54) is 27.9 Å². The number of rotatable bonds is 6. The van der Waals surface area contributed by atoms with Crippen molar-refractivity contribution in [3.63, 3.8) is 0 Å². The molecule has 0 fully saturated rings. The van der Waals surface area contributed by atoms with Crippen LogP contribution in [0.4, 0.5) is 11.5 Å². The maximum atomic E-state index is 4.84. The number of aromatic nitrogens is 2. The summed E-state index contributed by atoms with van der Waals surface area (Å²) in [5.74, 6) is 1.95. The second-order valence-electron chi connectivity index (χ2n) is 7.64. The summed E-state index contributed by atoms with van der Waals surface area (Å²) in [4.78, 5) is 7.04. The molecule has 0 aliphatic rings. The minimum Gasteiger partial charge on any atom is -0.329 e. The molecule has 0 N–H and O–H groups in total. The van der Waals surface area contributed by atoms with Gasteiger partial charge in [-0.1, -0.05) is 78.0 Å². The quantitative estimate of drug-likeness (QED) is 0.322. The van der Waals surface area contributed by atoms with Crippen molar-refractivity contribution in [3.8, 4) is 5.69 Å². The van der Waals surface area contributed by atoms with E-state index < -0.39 is 0 Å². The number of para-hydroxylation sites is 2. The highest BCUT2D eigenvalue weighted by Crippen LogP contribution is 2.35. The molecule has 4 rings (SSSR count). The minimum atomic E-state index is 0.886. The standard InChI is InChI=1S/C26H27N3S/c1-19-13-15-22(16-14-19)18-30-26-27-17-24(28(4)23-11-6-5-7-12-23)29(26)25-20(2)9-8-10-21(25)3/h5-17H,18H2,1-4H3. The number of hydrogen-bond donors (Lipinski definition) is 0. The molecule has 1 heterocycles. The predicted octanol–water partition coefficient (Wildman–Crippen LogP) is 6.86. The fraction of sp³-hybridized carbons (Fsp3) is 0.192. The molecular formula is C26H27N3S. The van der Waals surface area contributed by atoms with Gasteiger partial charge in [0.1, 0.15) is 5.82 Å². The van der Waals surface area contributed by atoms with E-state index in [9.17, 15) is 0 Å². The Morgan fingerprint density at radius 1 is 0.833 bits per heavy atom. The third-order valence-corrected chi connectivity index (χ3v) is 6.37. The Kier molecular flexibility index (Phi) is 5.96. The second kappa shape index (κ2) is 8.80. The molecule has 0 atom stereocenters. The fourth-order valence-corrected chi connectivity index (χ4v) is 4.58. The Hall–Kier alpha value is -2.98. The summed E-state index contributed by atoms with van der Waals surface area (Å²) in [5, 5.41) is 1.01. The molecule has 0 aliphatic heterocycles. The highest BCUT2D eigenvalue weighted by Gasteiger charge is 2.19. The van der Waals surface area contributed by atoms with Gasteiger partial charge in [-0.3, -0.25) is 4.57 Å². The monoisotopic (exact) mass is 413 g/mol. The molecule has 0 spiro atoms. The highest BCUT2D eigenvalue weighted by molar-refractivity contribution is 7.98. The summed E-state index contributed by atoms with van der Waals surface area (Å²) in [6.07, 6.45) is 1.98. The molecule has 1 aromatic heterocycles. The molecule has 3 aromatic carbocycles. The zero-order valence-electron chi connectivity index (χ0n) is 18.0. The summed E-state index contributed by atoms with van der Waals surface area (Å²) < 4.78 is 2.30. The number of anilines is 2. The van der Waals surface area contributed by atoms with E-state index in [4.69, 9.17) is 4.98 Å². The van der Waals surface area contributed by atoms with Crippen LogP contribution in [0.1, 0.15) is 22.3 Å². The van der Waals surface area contributed by atoms with Crippen LogP contribution in [0.3, 0.4) is 0 Å². The normalized spacial score (nSPS) is 10.9. The molecule has 4 heteroatoms. The Morgan fingerprint density at radius 3 is 2.17 bits per heavy atom. The molecule has 0 bridgehead atoms. The summed E-state index contributed by atoms with van der Waals surface area (Å²) in [6.45, 7) is 6.46. The lowest BCUT2D eigenvalue weighted by Crippen LogP contribution is -2.15. The molecule has 0 saturated heterocycles. The van der Waals surface area contributed by atoms with Gasteiger partial charge in [0.15, 0.2) is 5.16 Å². The van der Waals surface area contributed by atoms with Gasteiger partial charge in [0.2, 0.25) is 0 Å². The Labute approximate surface area is 183 Å². The van der Waals surface area contributed by atoms with Crippen LogP contribution in [0.15, 0.2) is 84.1 Å². The van der Waals surface area contributed by atoms with E-state index in [1.54, 1.807) is 11.8 Å². The number of hydrogen-bond acceptors (Lipinski definition) is 3. The van der Waals surface area contributed by atoms with Gasteiger partial charge in [-0.05, 0) is 49.6 Å². The van der Waals surface area contributed by atoms with Crippen LogP contribution in [0.2, 0.25) is 0 Å². The molecule has 0 saturated carbocycles. The van der Waals surface area contributed by atoms with Crippen LogP contribution >= 0.6 is 11.8 Å². The molecule has 0 amide bonds. The van der Waals surface area contributed by atoms with Crippen LogP contribution in [-0.4, -0.2) is 16.6 Å².